The summed E-state index contributed by atoms with van der Waals surface area (Å²) in [6.07, 6.45) is 0. The third-order valence-corrected chi connectivity index (χ3v) is 4.07. The van der Waals surface area contributed by atoms with Gasteiger partial charge in [0, 0.05) is 5.69 Å². The van der Waals surface area contributed by atoms with Crippen LogP contribution >= 0.6 is 0 Å². The average Bonchev–Trinajstić information content (AvgIpc) is 1.92. The standard InChI is InChI=1S/C10H17NSi/c1-8-5-6-9(11)10(7-8)12(2,3)4/h5-7H,11H2,1-4H3. The van der Waals surface area contributed by atoms with Crippen LogP contribution in [0.4, 0.5) is 5.69 Å². The zero-order valence-corrected chi connectivity index (χ0v) is 9.31. The average molecular weight is 179 g/mol. The van der Waals surface area contributed by atoms with E-state index in [1.165, 1.54) is 10.8 Å². The second kappa shape index (κ2) is 2.94. The molecular formula is C10H17NSi. The molecule has 0 aliphatic heterocycles. The highest BCUT2D eigenvalue weighted by atomic mass is 28.3. The highest BCUT2D eigenvalue weighted by molar-refractivity contribution is 6.89. The molecule has 0 aromatic heterocycles. The van der Waals surface area contributed by atoms with Gasteiger partial charge in [-0.25, -0.2) is 0 Å². The van der Waals surface area contributed by atoms with E-state index in [0.29, 0.717) is 0 Å². The van der Waals surface area contributed by atoms with Crippen LogP contribution in [0.3, 0.4) is 0 Å². The van der Waals surface area contributed by atoms with E-state index in [2.05, 4.69) is 38.7 Å². The Labute approximate surface area is 75.6 Å². The van der Waals surface area contributed by atoms with Gasteiger partial charge in [-0.1, -0.05) is 37.3 Å². The minimum atomic E-state index is -1.23. The van der Waals surface area contributed by atoms with Gasteiger partial charge >= 0.3 is 0 Å². The fraction of sp³-hybridized carbons (Fsp3) is 0.400. The lowest BCUT2D eigenvalue weighted by molar-refractivity contribution is 1.48. The summed E-state index contributed by atoms with van der Waals surface area (Å²) in [5, 5.41) is 1.38. The predicted octanol–water partition coefficient (Wildman–Crippen LogP) is 2.12. The van der Waals surface area contributed by atoms with Crippen LogP contribution in [0.2, 0.25) is 19.6 Å². The Morgan fingerprint density at radius 3 is 2.17 bits per heavy atom. The second-order valence-electron chi connectivity index (χ2n) is 4.34. The molecule has 1 nitrogen and oxygen atoms in total. The maximum atomic E-state index is 5.91. The van der Waals surface area contributed by atoms with E-state index < -0.39 is 8.07 Å². The van der Waals surface area contributed by atoms with E-state index >= 15 is 0 Å². The molecule has 0 heterocycles. The van der Waals surface area contributed by atoms with Crippen molar-refractivity contribution in [3.05, 3.63) is 23.8 Å². The van der Waals surface area contributed by atoms with Crippen LogP contribution in [0.5, 0.6) is 0 Å². The maximum absolute atomic E-state index is 5.91. The van der Waals surface area contributed by atoms with Crippen LogP contribution < -0.4 is 10.9 Å². The molecule has 1 aromatic carbocycles. The van der Waals surface area contributed by atoms with E-state index in [9.17, 15) is 0 Å². The Morgan fingerprint density at radius 1 is 1.17 bits per heavy atom. The van der Waals surface area contributed by atoms with Crippen molar-refractivity contribution in [3.63, 3.8) is 0 Å². The molecule has 0 aliphatic rings. The first-order chi connectivity index (χ1) is 5.41. The largest absolute Gasteiger partial charge is 0.399 e. The molecule has 0 bridgehead atoms. The van der Waals surface area contributed by atoms with Crippen molar-refractivity contribution >= 4 is 18.9 Å². The Kier molecular flexibility index (Phi) is 2.28. The summed E-state index contributed by atoms with van der Waals surface area (Å²) in [7, 11) is -1.23. The quantitative estimate of drug-likeness (QED) is 0.518. The second-order valence-corrected chi connectivity index (χ2v) is 9.38. The van der Waals surface area contributed by atoms with Gasteiger partial charge in [0.05, 0.1) is 8.07 Å². The Morgan fingerprint density at radius 2 is 1.75 bits per heavy atom. The van der Waals surface area contributed by atoms with Gasteiger partial charge in [0.15, 0.2) is 0 Å². The van der Waals surface area contributed by atoms with Crippen molar-refractivity contribution in [3.8, 4) is 0 Å². The van der Waals surface area contributed by atoms with Gasteiger partial charge in [-0.3, -0.25) is 0 Å². The molecule has 0 atom stereocenters. The molecule has 0 spiro atoms. The number of aryl methyl sites for hydroxylation is 1. The first-order valence-corrected chi connectivity index (χ1v) is 7.78. The fourth-order valence-electron chi connectivity index (χ4n) is 1.32. The molecule has 2 heteroatoms. The zero-order chi connectivity index (χ0) is 9.35. The molecule has 0 aliphatic carbocycles. The van der Waals surface area contributed by atoms with Crippen molar-refractivity contribution in [1.29, 1.82) is 0 Å². The first kappa shape index (κ1) is 9.33. The van der Waals surface area contributed by atoms with Crippen LogP contribution in [-0.2, 0) is 0 Å². The molecule has 0 saturated heterocycles. The van der Waals surface area contributed by atoms with E-state index in [1.807, 2.05) is 6.07 Å². The highest BCUT2D eigenvalue weighted by Gasteiger charge is 2.18. The Balaban J connectivity index is 3.23. The van der Waals surface area contributed by atoms with Crippen LogP contribution in [-0.4, -0.2) is 8.07 Å². The van der Waals surface area contributed by atoms with Crippen molar-refractivity contribution in [2.45, 2.75) is 26.6 Å². The van der Waals surface area contributed by atoms with Crippen molar-refractivity contribution in [1.82, 2.24) is 0 Å². The predicted molar refractivity (Wildman–Crippen MR) is 58.6 cm³/mol. The van der Waals surface area contributed by atoms with Crippen LogP contribution in [0, 0.1) is 6.92 Å². The summed E-state index contributed by atoms with van der Waals surface area (Å²) in [4.78, 5) is 0. The minimum absolute atomic E-state index is 0.958. The van der Waals surface area contributed by atoms with E-state index in [-0.39, 0.29) is 0 Å². The Bertz CT molecular complexity index is 286. The summed E-state index contributed by atoms with van der Waals surface area (Å²) in [5.74, 6) is 0. The van der Waals surface area contributed by atoms with Gasteiger partial charge in [0.25, 0.3) is 0 Å². The molecule has 12 heavy (non-hydrogen) atoms. The number of anilines is 1. The van der Waals surface area contributed by atoms with E-state index in [1.54, 1.807) is 0 Å². The number of hydrogen-bond acceptors (Lipinski definition) is 1. The molecule has 0 radical (unpaired) electrons. The normalized spacial score (nSPS) is 11.7. The summed E-state index contributed by atoms with van der Waals surface area (Å²) in [6, 6.07) is 6.31. The molecule has 0 saturated carbocycles. The molecule has 0 unspecified atom stereocenters. The van der Waals surface area contributed by atoms with Gasteiger partial charge in [0.2, 0.25) is 0 Å². The van der Waals surface area contributed by atoms with Gasteiger partial charge in [-0.05, 0) is 18.2 Å². The Hall–Kier alpha value is -0.763. The lowest BCUT2D eigenvalue weighted by Gasteiger charge is -2.19. The topological polar surface area (TPSA) is 26.0 Å². The minimum Gasteiger partial charge on any atom is -0.399 e. The molecule has 1 rings (SSSR count). The van der Waals surface area contributed by atoms with Crippen LogP contribution in [0.1, 0.15) is 5.56 Å². The highest BCUT2D eigenvalue weighted by Crippen LogP contribution is 2.10. The first-order valence-electron chi connectivity index (χ1n) is 4.28. The van der Waals surface area contributed by atoms with Gasteiger partial charge in [-0.15, -0.1) is 0 Å². The lowest BCUT2D eigenvalue weighted by Crippen LogP contribution is -2.39. The molecule has 2 N–H and O–H groups in total. The number of rotatable bonds is 1. The molecular weight excluding hydrogens is 162 g/mol. The zero-order valence-electron chi connectivity index (χ0n) is 8.31. The smallest absolute Gasteiger partial charge is 0.0803 e. The molecule has 0 amide bonds. The molecule has 66 valence electrons. The number of hydrogen-bond donors (Lipinski definition) is 1. The summed E-state index contributed by atoms with van der Waals surface area (Å²) in [6.45, 7) is 9.07. The summed E-state index contributed by atoms with van der Waals surface area (Å²) in [5.41, 5.74) is 8.18. The van der Waals surface area contributed by atoms with Crippen LogP contribution in [0.25, 0.3) is 0 Å². The fourth-order valence-corrected chi connectivity index (χ4v) is 2.93. The van der Waals surface area contributed by atoms with E-state index in [4.69, 9.17) is 5.73 Å². The molecule has 0 fully saturated rings. The van der Waals surface area contributed by atoms with E-state index in [0.717, 1.165) is 5.69 Å². The van der Waals surface area contributed by atoms with Crippen molar-refractivity contribution < 1.29 is 0 Å². The summed E-state index contributed by atoms with van der Waals surface area (Å²) >= 11 is 0. The monoisotopic (exact) mass is 179 g/mol. The van der Waals surface area contributed by atoms with Crippen LogP contribution in [0.15, 0.2) is 18.2 Å². The van der Waals surface area contributed by atoms with Gasteiger partial charge < -0.3 is 5.73 Å². The number of nitrogens with two attached hydrogens (primary N) is 1. The van der Waals surface area contributed by atoms with Crippen molar-refractivity contribution in [2.24, 2.45) is 0 Å². The summed E-state index contributed by atoms with van der Waals surface area (Å²) < 4.78 is 0. The SMILES string of the molecule is Cc1ccc(N)c([Si](C)(C)C)c1. The van der Waals surface area contributed by atoms with Gasteiger partial charge in [0.1, 0.15) is 0 Å². The number of benzene rings is 1. The molecule has 1 aromatic rings. The van der Waals surface area contributed by atoms with Gasteiger partial charge in [-0.2, -0.15) is 0 Å². The number of nitrogen functional groups attached to an aromatic ring is 1. The maximum Gasteiger partial charge on any atom is 0.0803 e. The lowest BCUT2D eigenvalue weighted by atomic mass is 10.2. The third kappa shape index (κ3) is 1.88. The van der Waals surface area contributed by atoms with Crippen molar-refractivity contribution in [2.75, 3.05) is 5.73 Å². The third-order valence-electron chi connectivity index (χ3n) is 2.02.